The zero-order valence-electron chi connectivity index (χ0n) is 19.5. The summed E-state index contributed by atoms with van der Waals surface area (Å²) in [6.45, 7) is 0.608. The number of hydrogen-bond acceptors (Lipinski definition) is 6. The van der Waals surface area contributed by atoms with E-state index in [1.54, 1.807) is 30.3 Å². The highest BCUT2D eigenvalue weighted by Crippen LogP contribution is 2.46. The fourth-order valence-electron chi connectivity index (χ4n) is 5.14. The summed E-state index contributed by atoms with van der Waals surface area (Å²) in [5.74, 6) is -1.54. The van der Waals surface area contributed by atoms with Crippen molar-refractivity contribution in [2.75, 3.05) is 0 Å². The molecule has 7 nitrogen and oxygen atoms in total. The summed E-state index contributed by atoms with van der Waals surface area (Å²) >= 11 is 0. The maximum Gasteiger partial charge on any atom is 0.422 e. The average molecular weight is 509 g/mol. The molecular weight excluding hydrogens is 487 g/mol. The molecule has 0 bridgehead atoms. The van der Waals surface area contributed by atoms with Crippen LogP contribution in [0.2, 0.25) is 0 Å². The number of aryl methyl sites for hydroxylation is 1. The predicted octanol–water partition coefficient (Wildman–Crippen LogP) is 5.73. The standard InChI is InChI=1S/C27H22F3N3O4/c28-27(29,30)21-22(15-4-2-1-3-5-15)32-37-25(21)24-20-9-7-16-10-14(6-8-19(16)23(20)33-36-24)13-31-18-11-17(12-18)26(34)35/h1-6,8,10,17-18,31H,7,9,11-13H2,(H,34,35)/t17-,18+. The van der Waals surface area contributed by atoms with Gasteiger partial charge in [-0.05, 0) is 36.8 Å². The van der Waals surface area contributed by atoms with Gasteiger partial charge in [0.15, 0.2) is 0 Å². The lowest BCUT2D eigenvalue weighted by atomic mass is 9.80. The van der Waals surface area contributed by atoms with Crippen LogP contribution in [0, 0.1) is 5.92 Å². The van der Waals surface area contributed by atoms with Crippen LogP contribution in [0.25, 0.3) is 34.0 Å². The number of rotatable bonds is 6. The summed E-state index contributed by atoms with van der Waals surface area (Å²) in [4.78, 5) is 11.0. The van der Waals surface area contributed by atoms with Gasteiger partial charge in [-0.3, -0.25) is 4.79 Å². The Balaban J connectivity index is 1.28. The van der Waals surface area contributed by atoms with Crippen LogP contribution in [0.15, 0.2) is 57.6 Å². The quantitative estimate of drug-likeness (QED) is 0.342. The third-order valence-corrected chi connectivity index (χ3v) is 7.17. The van der Waals surface area contributed by atoms with Gasteiger partial charge in [-0.25, -0.2) is 0 Å². The van der Waals surface area contributed by atoms with Crippen LogP contribution in [0.1, 0.15) is 35.1 Å². The van der Waals surface area contributed by atoms with Gasteiger partial charge in [-0.1, -0.05) is 58.8 Å². The second-order valence-electron chi connectivity index (χ2n) is 9.51. The number of carbonyl (C=O) groups is 1. The molecule has 0 radical (unpaired) electrons. The largest absolute Gasteiger partial charge is 0.481 e. The van der Waals surface area contributed by atoms with E-state index < -0.39 is 23.5 Å². The summed E-state index contributed by atoms with van der Waals surface area (Å²) in [7, 11) is 0. The maximum absolute atomic E-state index is 14.2. The fourth-order valence-corrected chi connectivity index (χ4v) is 5.14. The van der Waals surface area contributed by atoms with E-state index in [-0.39, 0.29) is 23.4 Å². The molecule has 2 heterocycles. The predicted molar refractivity (Wildman–Crippen MR) is 126 cm³/mol. The molecule has 2 N–H and O–H groups in total. The van der Waals surface area contributed by atoms with E-state index in [0.29, 0.717) is 49.0 Å². The number of nitrogens with one attached hydrogen (secondary N) is 1. The first kappa shape index (κ1) is 23.5. The Bertz CT molecular complexity index is 1470. The molecule has 0 aliphatic heterocycles. The Morgan fingerprint density at radius 2 is 1.73 bits per heavy atom. The van der Waals surface area contributed by atoms with Gasteiger partial charge in [0.25, 0.3) is 0 Å². The monoisotopic (exact) mass is 509 g/mol. The summed E-state index contributed by atoms with van der Waals surface area (Å²) in [6, 6.07) is 14.2. The number of hydrogen-bond donors (Lipinski definition) is 2. The Hall–Kier alpha value is -3.92. The molecule has 6 rings (SSSR count). The van der Waals surface area contributed by atoms with Gasteiger partial charge in [-0.2, -0.15) is 13.2 Å². The smallest absolute Gasteiger partial charge is 0.422 e. The van der Waals surface area contributed by atoms with E-state index in [1.165, 1.54) is 0 Å². The van der Waals surface area contributed by atoms with E-state index in [4.69, 9.17) is 14.2 Å². The molecule has 0 saturated heterocycles. The van der Waals surface area contributed by atoms with Gasteiger partial charge in [0.05, 0.1) is 5.92 Å². The molecule has 37 heavy (non-hydrogen) atoms. The van der Waals surface area contributed by atoms with E-state index in [9.17, 15) is 18.0 Å². The Morgan fingerprint density at radius 1 is 1.00 bits per heavy atom. The van der Waals surface area contributed by atoms with Crippen molar-refractivity contribution in [3.05, 3.63) is 70.8 Å². The van der Waals surface area contributed by atoms with Gasteiger partial charge < -0.3 is 19.5 Å². The number of halogens is 3. The molecule has 190 valence electrons. The zero-order chi connectivity index (χ0) is 25.7. The molecular formula is C27H22F3N3O4. The highest BCUT2D eigenvalue weighted by atomic mass is 19.4. The van der Waals surface area contributed by atoms with Crippen molar-refractivity contribution in [3.63, 3.8) is 0 Å². The van der Waals surface area contributed by atoms with Gasteiger partial charge >= 0.3 is 12.1 Å². The number of carboxylic acids is 1. The molecule has 10 heteroatoms. The van der Waals surface area contributed by atoms with Crippen LogP contribution >= 0.6 is 0 Å². The molecule has 0 amide bonds. The van der Waals surface area contributed by atoms with Gasteiger partial charge in [-0.15, -0.1) is 0 Å². The van der Waals surface area contributed by atoms with Crippen LogP contribution in [0.5, 0.6) is 0 Å². The van der Waals surface area contributed by atoms with E-state index >= 15 is 0 Å². The second-order valence-corrected chi connectivity index (χ2v) is 9.51. The average Bonchev–Trinajstić information content (AvgIpc) is 3.47. The van der Waals surface area contributed by atoms with Gasteiger partial charge in [0.1, 0.15) is 17.0 Å². The van der Waals surface area contributed by atoms with Gasteiger partial charge in [0, 0.05) is 29.3 Å². The number of benzene rings is 2. The topological polar surface area (TPSA) is 101 Å². The molecule has 2 aromatic carbocycles. The third kappa shape index (κ3) is 4.21. The Kier molecular flexibility index (Phi) is 5.63. The molecule has 1 saturated carbocycles. The minimum Gasteiger partial charge on any atom is -0.481 e. The van der Waals surface area contributed by atoms with Crippen molar-refractivity contribution >= 4 is 5.97 Å². The van der Waals surface area contributed by atoms with Crippen LogP contribution < -0.4 is 5.32 Å². The molecule has 0 atom stereocenters. The van der Waals surface area contributed by atoms with Crippen molar-refractivity contribution in [2.45, 2.75) is 44.4 Å². The number of aromatic nitrogens is 2. The molecule has 0 unspecified atom stereocenters. The molecule has 2 aliphatic rings. The van der Waals surface area contributed by atoms with Crippen LogP contribution in [-0.2, 0) is 30.4 Å². The molecule has 4 aromatic rings. The van der Waals surface area contributed by atoms with Crippen molar-refractivity contribution < 1.29 is 32.1 Å². The number of fused-ring (bicyclic) bond motifs is 3. The number of nitrogens with zero attached hydrogens (tertiary/aromatic N) is 2. The lowest BCUT2D eigenvalue weighted by Crippen LogP contribution is -2.43. The lowest BCUT2D eigenvalue weighted by molar-refractivity contribution is -0.145. The summed E-state index contributed by atoms with van der Waals surface area (Å²) in [5.41, 5.74) is 2.98. The minimum absolute atomic E-state index is 0.0497. The minimum atomic E-state index is -4.71. The van der Waals surface area contributed by atoms with Crippen molar-refractivity contribution in [1.29, 1.82) is 0 Å². The van der Waals surface area contributed by atoms with Crippen molar-refractivity contribution in [3.8, 4) is 34.0 Å². The summed E-state index contributed by atoms with van der Waals surface area (Å²) < 4.78 is 53.2. The fraction of sp³-hybridized carbons (Fsp3) is 0.296. The third-order valence-electron chi connectivity index (χ3n) is 7.17. The molecule has 2 aromatic heterocycles. The normalized spacial score (nSPS) is 18.7. The number of aliphatic carboxylic acids is 1. The Labute approximate surface area is 209 Å². The first-order chi connectivity index (χ1) is 17.8. The molecule has 0 spiro atoms. The number of carboxylic acid groups (broad SMARTS) is 1. The van der Waals surface area contributed by atoms with E-state index in [0.717, 1.165) is 16.7 Å². The maximum atomic E-state index is 14.2. The van der Waals surface area contributed by atoms with Crippen molar-refractivity contribution in [2.24, 2.45) is 5.92 Å². The zero-order valence-corrected chi connectivity index (χ0v) is 19.5. The highest BCUT2D eigenvalue weighted by Gasteiger charge is 2.43. The van der Waals surface area contributed by atoms with E-state index in [1.807, 2.05) is 12.1 Å². The van der Waals surface area contributed by atoms with Crippen LogP contribution in [0.4, 0.5) is 13.2 Å². The SMILES string of the molecule is O=C(O)[C@H]1C[C@@H](NCc2ccc3c(c2)CCc2c-3noc2-c2onc(-c3ccccc3)c2C(F)(F)F)C1. The first-order valence-electron chi connectivity index (χ1n) is 12.0. The first-order valence-corrected chi connectivity index (χ1v) is 12.0. The lowest BCUT2D eigenvalue weighted by Gasteiger charge is -2.33. The van der Waals surface area contributed by atoms with Crippen LogP contribution in [0.3, 0.4) is 0 Å². The van der Waals surface area contributed by atoms with Crippen LogP contribution in [-0.4, -0.2) is 27.4 Å². The summed E-state index contributed by atoms with van der Waals surface area (Å²) in [5, 5.41) is 20.3. The molecule has 2 aliphatic carbocycles. The van der Waals surface area contributed by atoms with E-state index in [2.05, 4.69) is 21.7 Å². The second kappa shape index (κ2) is 8.88. The summed E-state index contributed by atoms with van der Waals surface area (Å²) in [6.07, 6.45) is -2.41. The van der Waals surface area contributed by atoms with Gasteiger partial charge in [0.2, 0.25) is 11.5 Å². The molecule has 1 fully saturated rings. The van der Waals surface area contributed by atoms with Crippen molar-refractivity contribution in [1.82, 2.24) is 15.6 Å². The highest BCUT2D eigenvalue weighted by molar-refractivity contribution is 5.79. The number of alkyl halides is 3. The Morgan fingerprint density at radius 3 is 2.46 bits per heavy atom.